The van der Waals surface area contributed by atoms with E-state index >= 15 is 0 Å². The average Bonchev–Trinajstić information content (AvgIpc) is 2.42. The van der Waals surface area contributed by atoms with E-state index < -0.39 is 0 Å². The minimum atomic E-state index is 0.390. The van der Waals surface area contributed by atoms with Crippen molar-refractivity contribution in [2.75, 3.05) is 19.6 Å². The Balaban J connectivity index is 2.69. The van der Waals surface area contributed by atoms with Gasteiger partial charge >= 0.3 is 0 Å². The van der Waals surface area contributed by atoms with Crippen LogP contribution in [0.15, 0.2) is 24.3 Å². The van der Waals surface area contributed by atoms with Crippen LogP contribution in [0.3, 0.4) is 0 Å². The molecule has 20 heavy (non-hydrogen) atoms. The predicted octanol–water partition coefficient (Wildman–Crippen LogP) is 4.50. The van der Waals surface area contributed by atoms with E-state index in [1.807, 2.05) is 12.1 Å². The molecule has 1 atom stereocenters. The highest BCUT2D eigenvalue weighted by molar-refractivity contribution is 6.30. The number of benzene rings is 1. The van der Waals surface area contributed by atoms with Gasteiger partial charge in [-0.1, -0.05) is 37.6 Å². The highest BCUT2D eigenvalue weighted by Crippen LogP contribution is 2.21. The van der Waals surface area contributed by atoms with Gasteiger partial charge in [-0.2, -0.15) is 0 Å². The van der Waals surface area contributed by atoms with Gasteiger partial charge in [-0.3, -0.25) is 0 Å². The zero-order chi connectivity index (χ0) is 15.0. The fourth-order valence-corrected chi connectivity index (χ4v) is 2.70. The first-order valence-corrected chi connectivity index (χ1v) is 8.19. The molecule has 0 bridgehead atoms. The van der Waals surface area contributed by atoms with E-state index in [2.05, 4.69) is 50.0 Å². The molecular weight excluding hydrogens is 268 g/mol. The van der Waals surface area contributed by atoms with Crippen molar-refractivity contribution in [2.24, 2.45) is 0 Å². The van der Waals surface area contributed by atoms with E-state index in [1.165, 1.54) is 5.56 Å². The van der Waals surface area contributed by atoms with Crippen molar-refractivity contribution in [3.63, 3.8) is 0 Å². The third-order valence-electron chi connectivity index (χ3n) is 3.73. The summed E-state index contributed by atoms with van der Waals surface area (Å²) in [4.78, 5) is 2.51. The van der Waals surface area contributed by atoms with Crippen LogP contribution in [0.25, 0.3) is 0 Å². The smallest absolute Gasteiger partial charge is 0.0409 e. The van der Waals surface area contributed by atoms with Gasteiger partial charge in [-0.25, -0.2) is 0 Å². The SMILES string of the molecule is CCCNC(CCN(CC)C(C)C)c1cccc(Cl)c1. The van der Waals surface area contributed by atoms with E-state index in [0.717, 1.165) is 37.5 Å². The lowest BCUT2D eigenvalue weighted by Gasteiger charge is -2.28. The molecule has 0 radical (unpaired) electrons. The fourth-order valence-electron chi connectivity index (χ4n) is 2.50. The third kappa shape index (κ3) is 5.82. The van der Waals surface area contributed by atoms with E-state index in [0.29, 0.717) is 12.1 Å². The van der Waals surface area contributed by atoms with Gasteiger partial charge in [0.25, 0.3) is 0 Å². The first kappa shape index (κ1) is 17.5. The van der Waals surface area contributed by atoms with Crippen LogP contribution >= 0.6 is 11.6 Å². The first-order valence-electron chi connectivity index (χ1n) is 7.81. The molecule has 1 aromatic carbocycles. The quantitative estimate of drug-likeness (QED) is 0.722. The monoisotopic (exact) mass is 296 g/mol. The third-order valence-corrected chi connectivity index (χ3v) is 3.97. The van der Waals surface area contributed by atoms with Crippen molar-refractivity contribution in [3.05, 3.63) is 34.9 Å². The normalized spacial score (nSPS) is 13.2. The lowest BCUT2D eigenvalue weighted by Crippen LogP contribution is -2.34. The number of nitrogens with one attached hydrogen (secondary N) is 1. The maximum absolute atomic E-state index is 6.13. The van der Waals surface area contributed by atoms with E-state index in [9.17, 15) is 0 Å². The number of halogens is 1. The molecule has 0 heterocycles. The highest BCUT2D eigenvalue weighted by Gasteiger charge is 2.14. The van der Waals surface area contributed by atoms with Crippen molar-refractivity contribution >= 4 is 11.6 Å². The summed E-state index contributed by atoms with van der Waals surface area (Å²) in [5, 5.41) is 4.47. The van der Waals surface area contributed by atoms with Gasteiger partial charge in [-0.05, 0) is 57.5 Å². The van der Waals surface area contributed by atoms with Gasteiger partial charge < -0.3 is 10.2 Å². The fraction of sp³-hybridized carbons (Fsp3) is 0.647. The molecule has 1 N–H and O–H groups in total. The Bertz CT molecular complexity index is 379. The van der Waals surface area contributed by atoms with Crippen molar-refractivity contribution < 1.29 is 0 Å². The second-order valence-corrected chi connectivity index (χ2v) is 6.01. The van der Waals surface area contributed by atoms with Crippen LogP contribution in [0.2, 0.25) is 5.02 Å². The molecule has 0 aliphatic heterocycles. The van der Waals surface area contributed by atoms with Crippen molar-refractivity contribution in [1.82, 2.24) is 10.2 Å². The summed E-state index contributed by atoms with van der Waals surface area (Å²) in [6, 6.07) is 9.23. The van der Waals surface area contributed by atoms with Crippen LogP contribution in [0.4, 0.5) is 0 Å². The molecule has 0 saturated carbocycles. The van der Waals surface area contributed by atoms with Crippen LogP contribution in [0.5, 0.6) is 0 Å². The Morgan fingerprint density at radius 2 is 2.00 bits per heavy atom. The van der Waals surface area contributed by atoms with Gasteiger partial charge in [0, 0.05) is 23.7 Å². The molecule has 1 aromatic rings. The summed E-state index contributed by atoms with van der Waals surface area (Å²) in [6.07, 6.45) is 2.27. The topological polar surface area (TPSA) is 15.3 Å². The number of rotatable bonds is 9. The summed E-state index contributed by atoms with van der Waals surface area (Å²) in [5.74, 6) is 0. The molecule has 2 nitrogen and oxygen atoms in total. The molecule has 0 aliphatic rings. The Hall–Kier alpha value is -0.570. The van der Waals surface area contributed by atoms with E-state index in [1.54, 1.807) is 0 Å². The van der Waals surface area contributed by atoms with Crippen molar-refractivity contribution in [1.29, 1.82) is 0 Å². The Morgan fingerprint density at radius 1 is 1.25 bits per heavy atom. The number of hydrogen-bond acceptors (Lipinski definition) is 2. The molecule has 0 amide bonds. The van der Waals surface area contributed by atoms with Crippen LogP contribution in [0, 0.1) is 0 Å². The minimum Gasteiger partial charge on any atom is -0.310 e. The summed E-state index contributed by atoms with van der Waals surface area (Å²) in [7, 11) is 0. The first-order chi connectivity index (χ1) is 9.58. The van der Waals surface area contributed by atoms with Gasteiger partial charge in [0.15, 0.2) is 0 Å². The summed E-state index contributed by atoms with van der Waals surface area (Å²) in [6.45, 7) is 12.2. The minimum absolute atomic E-state index is 0.390. The molecule has 1 rings (SSSR count). The van der Waals surface area contributed by atoms with Gasteiger partial charge in [-0.15, -0.1) is 0 Å². The number of nitrogens with zero attached hydrogens (tertiary/aromatic N) is 1. The van der Waals surface area contributed by atoms with E-state index in [4.69, 9.17) is 11.6 Å². The van der Waals surface area contributed by atoms with Crippen LogP contribution < -0.4 is 5.32 Å². The van der Waals surface area contributed by atoms with Crippen LogP contribution in [-0.4, -0.2) is 30.6 Å². The summed E-state index contributed by atoms with van der Waals surface area (Å²) < 4.78 is 0. The average molecular weight is 297 g/mol. The molecule has 0 aliphatic carbocycles. The zero-order valence-corrected chi connectivity index (χ0v) is 14.1. The van der Waals surface area contributed by atoms with Crippen LogP contribution in [0.1, 0.15) is 52.1 Å². The molecule has 1 unspecified atom stereocenters. The van der Waals surface area contributed by atoms with Gasteiger partial charge in [0.1, 0.15) is 0 Å². The molecule has 114 valence electrons. The molecule has 0 fully saturated rings. The van der Waals surface area contributed by atoms with Gasteiger partial charge in [0.05, 0.1) is 0 Å². The zero-order valence-electron chi connectivity index (χ0n) is 13.3. The second kappa shape index (κ2) is 9.38. The standard InChI is InChI=1S/C17H29ClN2/c1-5-11-19-17(10-12-20(6-2)14(3)4)15-8-7-9-16(18)13-15/h7-9,13-14,17,19H,5-6,10-12H2,1-4H3. The molecule has 0 saturated heterocycles. The maximum Gasteiger partial charge on any atom is 0.0409 e. The van der Waals surface area contributed by atoms with Crippen molar-refractivity contribution in [3.8, 4) is 0 Å². The molecule has 0 spiro atoms. The molecular formula is C17H29ClN2. The lowest BCUT2D eigenvalue weighted by atomic mass is 10.0. The lowest BCUT2D eigenvalue weighted by molar-refractivity contribution is 0.220. The molecule has 0 aromatic heterocycles. The second-order valence-electron chi connectivity index (χ2n) is 5.57. The Kier molecular flexibility index (Phi) is 8.20. The van der Waals surface area contributed by atoms with E-state index in [-0.39, 0.29) is 0 Å². The Labute approximate surface area is 129 Å². The summed E-state index contributed by atoms with van der Waals surface area (Å²) >= 11 is 6.13. The maximum atomic E-state index is 6.13. The predicted molar refractivity (Wildman–Crippen MR) is 89.5 cm³/mol. The Morgan fingerprint density at radius 3 is 2.55 bits per heavy atom. The van der Waals surface area contributed by atoms with Gasteiger partial charge in [0.2, 0.25) is 0 Å². The summed E-state index contributed by atoms with van der Waals surface area (Å²) in [5.41, 5.74) is 1.30. The highest BCUT2D eigenvalue weighted by atomic mass is 35.5. The van der Waals surface area contributed by atoms with Crippen LogP contribution in [-0.2, 0) is 0 Å². The largest absolute Gasteiger partial charge is 0.310 e. The number of hydrogen-bond donors (Lipinski definition) is 1. The van der Waals surface area contributed by atoms with Crippen molar-refractivity contribution in [2.45, 2.75) is 52.6 Å². The molecule has 3 heteroatoms.